The van der Waals surface area contributed by atoms with Gasteiger partial charge in [0.2, 0.25) is 0 Å². The molecular weight excluding hydrogens is 229 g/mol. The summed E-state index contributed by atoms with van der Waals surface area (Å²) in [5.41, 5.74) is 1.32. The second kappa shape index (κ2) is 6.52. The number of benzene rings is 1. The molecule has 0 radical (unpaired) electrons. The normalized spacial score (nSPS) is 10.9. The summed E-state index contributed by atoms with van der Waals surface area (Å²) in [7, 11) is 0. The van der Waals surface area contributed by atoms with E-state index in [2.05, 4.69) is 4.74 Å². The lowest BCUT2D eigenvalue weighted by Gasteiger charge is -2.15. The van der Waals surface area contributed by atoms with Crippen LogP contribution in [0.5, 0.6) is 5.75 Å². The van der Waals surface area contributed by atoms with E-state index in [1.807, 2.05) is 27.7 Å². The van der Waals surface area contributed by atoms with E-state index >= 15 is 0 Å². The lowest BCUT2D eigenvalue weighted by Crippen LogP contribution is -2.18. The minimum absolute atomic E-state index is 0.00273. The Morgan fingerprint density at radius 2 is 1.65 bits per heavy atom. The second-order valence-electron chi connectivity index (χ2n) is 3.74. The molecule has 1 rings (SSSR count). The first kappa shape index (κ1) is 15.8. The van der Waals surface area contributed by atoms with Crippen molar-refractivity contribution in [3.05, 3.63) is 29.3 Å². The van der Waals surface area contributed by atoms with Crippen LogP contribution >= 0.6 is 0 Å². The van der Waals surface area contributed by atoms with Crippen LogP contribution in [-0.4, -0.2) is 6.36 Å². The summed E-state index contributed by atoms with van der Waals surface area (Å²) in [6.07, 6.45) is -4.63. The van der Waals surface area contributed by atoms with Crippen LogP contribution in [0.1, 0.15) is 44.7 Å². The van der Waals surface area contributed by atoms with Crippen molar-refractivity contribution in [3.63, 3.8) is 0 Å². The summed E-state index contributed by atoms with van der Waals surface area (Å²) in [6.45, 7) is 9.38. The Bertz CT molecular complexity index is 343. The Hall–Kier alpha value is -1.19. The number of rotatable bonds is 2. The Labute approximate surface area is 101 Å². The molecule has 0 atom stereocenters. The average molecular weight is 248 g/mol. The number of ether oxygens (including phenoxy) is 1. The number of hydrogen-bond donors (Lipinski definition) is 0. The molecule has 98 valence electrons. The van der Waals surface area contributed by atoms with Crippen molar-refractivity contribution >= 4 is 0 Å². The van der Waals surface area contributed by atoms with Gasteiger partial charge in [-0.2, -0.15) is 0 Å². The average Bonchev–Trinajstić information content (AvgIpc) is 2.17. The summed E-state index contributed by atoms with van der Waals surface area (Å²) in [4.78, 5) is 0. The molecule has 0 amide bonds. The highest BCUT2D eigenvalue weighted by molar-refractivity contribution is 5.39. The van der Waals surface area contributed by atoms with Gasteiger partial charge >= 0.3 is 6.36 Å². The molecule has 1 aromatic carbocycles. The van der Waals surface area contributed by atoms with Crippen molar-refractivity contribution in [2.45, 2.75) is 46.9 Å². The molecule has 0 aliphatic heterocycles. The molecule has 0 N–H and O–H groups in total. The van der Waals surface area contributed by atoms with Gasteiger partial charge in [-0.1, -0.05) is 39.8 Å². The predicted octanol–water partition coefficient (Wildman–Crippen LogP) is 5.04. The standard InChI is InChI=1S/C11H13F3O.C2H6/c1-7(2)9-5-4-8(3)6-10(9)15-11(12,13)14;1-2/h4-7H,1-3H3;1-2H3. The van der Waals surface area contributed by atoms with Gasteiger partial charge in [-0.05, 0) is 30.0 Å². The van der Waals surface area contributed by atoms with Crippen LogP contribution in [0, 0.1) is 6.92 Å². The number of halogens is 3. The van der Waals surface area contributed by atoms with Gasteiger partial charge in [0.25, 0.3) is 0 Å². The predicted molar refractivity (Wildman–Crippen MR) is 63.3 cm³/mol. The van der Waals surface area contributed by atoms with Crippen LogP contribution in [0.25, 0.3) is 0 Å². The molecule has 0 fully saturated rings. The molecule has 4 heteroatoms. The van der Waals surface area contributed by atoms with E-state index in [1.54, 1.807) is 19.1 Å². The van der Waals surface area contributed by atoms with Gasteiger partial charge in [0.05, 0.1) is 0 Å². The van der Waals surface area contributed by atoms with Crippen molar-refractivity contribution in [3.8, 4) is 5.75 Å². The molecular formula is C13H19F3O. The molecule has 0 aliphatic rings. The molecule has 0 saturated heterocycles. The fraction of sp³-hybridized carbons (Fsp3) is 0.538. The van der Waals surface area contributed by atoms with E-state index in [0.717, 1.165) is 5.56 Å². The SMILES string of the molecule is CC.Cc1ccc(C(C)C)c(OC(F)(F)F)c1. The number of aryl methyl sites for hydroxylation is 1. The summed E-state index contributed by atoms with van der Waals surface area (Å²) in [5.74, 6) is -0.0968. The highest BCUT2D eigenvalue weighted by atomic mass is 19.4. The molecule has 0 bridgehead atoms. The Balaban J connectivity index is 0.00000121. The van der Waals surface area contributed by atoms with Gasteiger partial charge < -0.3 is 4.74 Å². The maximum absolute atomic E-state index is 12.1. The molecule has 1 nitrogen and oxygen atoms in total. The van der Waals surface area contributed by atoms with Crippen LogP contribution in [-0.2, 0) is 0 Å². The molecule has 0 spiro atoms. The third kappa shape index (κ3) is 5.61. The molecule has 0 heterocycles. The zero-order chi connectivity index (χ0) is 13.6. The van der Waals surface area contributed by atoms with Gasteiger partial charge in [0, 0.05) is 0 Å². The topological polar surface area (TPSA) is 9.23 Å². The zero-order valence-corrected chi connectivity index (χ0v) is 10.9. The largest absolute Gasteiger partial charge is 0.573 e. The summed E-state index contributed by atoms with van der Waals surface area (Å²) < 4.78 is 40.3. The minimum atomic E-state index is -4.63. The smallest absolute Gasteiger partial charge is 0.405 e. The Morgan fingerprint density at radius 3 is 2.06 bits per heavy atom. The first-order chi connectivity index (χ1) is 7.79. The molecule has 0 aromatic heterocycles. The van der Waals surface area contributed by atoms with Crippen LogP contribution in [0.3, 0.4) is 0 Å². The van der Waals surface area contributed by atoms with Crippen molar-refractivity contribution in [2.75, 3.05) is 0 Å². The van der Waals surface area contributed by atoms with E-state index in [9.17, 15) is 13.2 Å². The second-order valence-corrected chi connectivity index (χ2v) is 3.74. The lowest BCUT2D eigenvalue weighted by atomic mass is 10.0. The minimum Gasteiger partial charge on any atom is -0.405 e. The first-order valence-corrected chi connectivity index (χ1v) is 5.66. The third-order valence-electron chi connectivity index (χ3n) is 2.02. The number of alkyl halides is 3. The highest BCUT2D eigenvalue weighted by Crippen LogP contribution is 2.31. The van der Waals surface area contributed by atoms with Gasteiger partial charge in [0.1, 0.15) is 5.75 Å². The van der Waals surface area contributed by atoms with E-state index in [-0.39, 0.29) is 11.7 Å². The lowest BCUT2D eigenvalue weighted by molar-refractivity contribution is -0.274. The molecule has 0 aliphatic carbocycles. The van der Waals surface area contributed by atoms with Gasteiger partial charge in [-0.15, -0.1) is 13.2 Å². The summed E-state index contributed by atoms with van der Waals surface area (Å²) in [5, 5.41) is 0. The zero-order valence-electron chi connectivity index (χ0n) is 10.9. The van der Waals surface area contributed by atoms with E-state index in [1.165, 1.54) is 6.07 Å². The molecule has 0 unspecified atom stereocenters. The Kier molecular flexibility index (Phi) is 6.07. The molecule has 1 aromatic rings. The quantitative estimate of drug-likeness (QED) is 0.712. The fourth-order valence-electron chi connectivity index (χ4n) is 1.33. The number of hydrogen-bond acceptors (Lipinski definition) is 1. The van der Waals surface area contributed by atoms with E-state index in [0.29, 0.717) is 5.56 Å². The summed E-state index contributed by atoms with van der Waals surface area (Å²) in [6, 6.07) is 4.85. The molecule has 0 saturated carbocycles. The molecule has 17 heavy (non-hydrogen) atoms. The van der Waals surface area contributed by atoms with Crippen molar-refractivity contribution < 1.29 is 17.9 Å². The van der Waals surface area contributed by atoms with Gasteiger partial charge in [0.15, 0.2) is 0 Å². The van der Waals surface area contributed by atoms with E-state index in [4.69, 9.17) is 0 Å². The van der Waals surface area contributed by atoms with Crippen LogP contribution in [0.2, 0.25) is 0 Å². The van der Waals surface area contributed by atoms with Crippen LogP contribution in [0.4, 0.5) is 13.2 Å². The van der Waals surface area contributed by atoms with Crippen LogP contribution < -0.4 is 4.74 Å². The van der Waals surface area contributed by atoms with Crippen LogP contribution in [0.15, 0.2) is 18.2 Å². The van der Waals surface area contributed by atoms with Gasteiger partial charge in [-0.3, -0.25) is 0 Å². The third-order valence-corrected chi connectivity index (χ3v) is 2.02. The van der Waals surface area contributed by atoms with Gasteiger partial charge in [-0.25, -0.2) is 0 Å². The fourth-order valence-corrected chi connectivity index (χ4v) is 1.33. The Morgan fingerprint density at radius 1 is 1.12 bits per heavy atom. The first-order valence-electron chi connectivity index (χ1n) is 5.66. The summed E-state index contributed by atoms with van der Waals surface area (Å²) >= 11 is 0. The van der Waals surface area contributed by atoms with Crippen molar-refractivity contribution in [1.82, 2.24) is 0 Å². The maximum atomic E-state index is 12.1. The van der Waals surface area contributed by atoms with E-state index < -0.39 is 6.36 Å². The maximum Gasteiger partial charge on any atom is 0.573 e. The van der Waals surface area contributed by atoms with Crippen molar-refractivity contribution in [2.24, 2.45) is 0 Å². The monoisotopic (exact) mass is 248 g/mol. The van der Waals surface area contributed by atoms with Crippen molar-refractivity contribution in [1.29, 1.82) is 0 Å². The highest BCUT2D eigenvalue weighted by Gasteiger charge is 2.32.